The number of fused-ring (bicyclic) bond motifs is 1. The third-order valence-corrected chi connectivity index (χ3v) is 7.49. The Morgan fingerprint density at radius 3 is 2.68 bits per heavy atom. The first-order valence-electron chi connectivity index (χ1n) is 12.0. The number of amides is 1. The zero-order valence-electron chi connectivity index (χ0n) is 19.9. The smallest absolute Gasteiger partial charge is 0.260 e. The van der Waals surface area contributed by atoms with Gasteiger partial charge in [0.1, 0.15) is 5.75 Å². The highest BCUT2D eigenvalue weighted by atomic mass is 35.5. The summed E-state index contributed by atoms with van der Waals surface area (Å²) < 4.78 is 12.2. The van der Waals surface area contributed by atoms with Gasteiger partial charge >= 0.3 is 0 Å². The van der Waals surface area contributed by atoms with Crippen molar-refractivity contribution in [1.29, 1.82) is 0 Å². The molecule has 1 aromatic heterocycles. The minimum Gasteiger partial charge on any atom is -0.494 e. The number of aromatic nitrogens is 1. The third-order valence-electron chi connectivity index (χ3n) is 6.04. The molecule has 2 aromatic carbocycles. The van der Waals surface area contributed by atoms with Gasteiger partial charge in [0.25, 0.3) is 5.91 Å². The van der Waals surface area contributed by atoms with Crippen LogP contribution in [0.4, 0.5) is 5.13 Å². The largest absolute Gasteiger partial charge is 0.494 e. The number of hydrogen-bond acceptors (Lipinski definition) is 6. The van der Waals surface area contributed by atoms with Gasteiger partial charge in [-0.3, -0.25) is 14.6 Å². The van der Waals surface area contributed by atoms with Crippen LogP contribution >= 0.6 is 22.9 Å². The fourth-order valence-corrected chi connectivity index (χ4v) is 5.15. The van der Waals surface area contributed by atoms with Crippen molar-refractivity contribution in [2.75, 3.05) is 50.9 Å². The molecule has 6 nitrogen and oxygen atoms in total. The number of carbonyl (C=O) groups is 1. The molecule has 1 saturated heterocycles. The molecular formula is C26H32ClN3O3S. The Hall–Kier alpha value is -2.19. The summed E-state index contributed by atoms with van der Waals surface area (Å²) in [5, 5.41) is 1.39. The lowest BCUT2D eigenvalue weighted by Crippen LogP contribution is -2.39. The van der Waals surface area contributed by atoms with Crippen LogP contribution in [0, 0.1) is 6.92 Å². The van der Waals surface area contributed by atoms with Crippen molar-refractivity contribution in [3.05, 3.63) is 52.5 Å². The Kier molecular flexibility index (Phi) is 8.78. The Morgan fingerprint density at radius 2 is 1.94 bits per heavy atom. The number of carbonyl (C=O) groups excluding carboxylic acids is 1. The average molecular weight is 502 g/mol. The lowest BCUT2D eigenvalue weighted by Gasteiger charge is -2.27. The molecule has 0 radical (unpaired) electrons. The Labute approximate surface area is 210 Å². The number of hydrogen-bond donors (Lipinski definition) is 0. The van der Waals surface area contributed by atoms with E-state index in [9.17, 15) is 4.79 Å². The van der Waals surface area contributed by atoms with Crippen LogP contribution in [0.3, 0.4) is 0 Å². The van der Waals surface area contributed by atoms with Gasteiger partial charge < -0.3 is 9.47 Å². The first-order valence-corrected chi connectivity index (χ1v) is 13.2. The first-order chi connectivity index (χ1) is 16.6. The molecule has 182 valence electrons. The molecular weight excluding hydrogens is 470 g/mol. The number of nitrogens with zero attached hydrogens (tertiary/aromatic N) is 3. The molecule has 1 amide bonds. The summed E-state index contributed by atoms with van der Waals surface area (Å²) in [5.41, 5.74) is 2.43. The maximum absolute atomic E-state index is 13.6. The fraction of sp³-hybridized carbons (Fsp3) is 0.462. The predicted molar refractivity (Wildman–Crippen MR) is 140 cm³/mol. The predicted octanol–water partition coefficient (Wildman–Crippen LogP) is 5.81. The molecule has 0 N–H and O–H groups in total. The lowest BCUT2D eigenvalue weighted by molar-refractivity contribution is 0.0376. The van der Waals surface area contributed by atoms with Crippen LogP contribution in [0.15, 0.2) is 36.4 Å². The van der Waals surface area contributed by atoms with Gasteiger partial charge in [0, 0.05) is 36.8 Å². The van der Waals surface area contributed by atoms with Crippen LogP contribution < -0.4 is 9.64 Å². The zero-order valence-corrected chi connectivity index (χ0v) is 21.5. The van der Waals surface area contributed by atoms with Crippen molar-refractivity contribution >= 4 is 44.2 Å². The summed E-state index contributed by atoms with van der Waals surface area (Å²) >= 11 is 7.85. The standard InChI is InChI=1S/C26H32ClN3O3S/c1-3-4-16-33-21-8-6-20(7-9-21)25(31)30(13-5-12-29-14-17-32-18-15-29)26-28-24-19(2)22(27)10-11-23(24)34-26/h6-11H,3-5,12-18H2,1-2H3. The van der Waals surface area contributed by atoms with Gasteiger partial charge in [-0.15, -0.1) is 0 Å². The van der Waals surface area contributed by atoms with E-state index in [4.69, 9.17) is 26.1 Å². The van der Waals surface area contributed by atoms with Gasteiger partial charge in [-0.1, -0.05) is 36.3 Å². The van der Waals surface area contributed by atoms with E-state index in [0.717, 1.165) is 73.6 Å². The lowest BCUT2D eigenvalue weighted by atomic mass is 10.2. The summed E-state index contributed by atoms with van der Waals surface area (Å²) in [6.07, 6.45) is 2.96. The Bertz CT molecular complexity index is 1100. The van der Waals surface area contributed by atoms with E-state index in [1.807, 2.05) is 48.2 Å². The molecule has 0 saturated carbocycles. The second-order valence-electron chi connectivity index (χ2n) is 8.51. The van der Waals surface area contributed by atoms with Gasteiger partial charge in [-0.05, 0) is 61.7 Å². The van der Waals surface area contributed by atoms with Gasteiger partial charge in [-0.25, -0.2) is 4.98 Å². The minimum absolute atomic E-state index is 0.0510. The number of benzene rings is 2. The second kappa shape index (κ2) is 12.0. The van der Waals surface area contributed by atoms with Gasteiger partial charge in [0.05, 0.1) is 30.0 Å². The van der Waals surface area contributed by atoms with E-state index >= 15 is 0 Å². The van der Waals surface area contributed by atoms with Crippen LogP contribution in [0.1, 0.15) is 42.1 Å². The van der Waals surface area contributed by atoms with Crippen LogP contribution in [-0.2, 0) is 4.74 Å². The Balaban J connectivity index is 1.54. The molecule has 0 bridgehead atoms. The van der Waals surface area contributed by atoms with Crippen molar-refractivity contribution in [3.8, 4) is 5.75 Å². The minimum atomic E-state index is -0.0510. The number of thiazole rings is 1. The maximum atomic E-state index is 13.6. The van der Waals surface area contributed by atoms with Crippen molar-refractivity contribution < 1.29 is 14.3 Å². The van der Waals surface area contributed by atoms with E-state index in [0.29, 0.717) is 28.9 Å². The number of halogens is 1. The van der Waals surface area contributed by atoms with E-state index < -0.39 is 0 Å². The third kappa shape index (κ3) is 6.08. The number of anilines is 1. The maximum Gasteiger partial charge on any atom is 0.260 e. The SMILES string of the molecule is CCCCOc1ccc(C(=O)N(CCCN2CCOCC2)c2nc3c(C)c(Cl)ccc3s2)cc1. The molecule has 1 fully saturated rings. The first kappa shape index (κ1) is 24.9. The summed E-state index contributed by atoms with van der Waals surface area (Å²) in [5.74, 6) is 0.735. The van der Waals surface area contributed by atoms with Crippen LogP contribution in [0.25, 0.3) is 10.2 Å². The number of rotatable bonds is 10. The molecule has 1 aliphatic rings. The molecule has 3 aromatic rings. The van der Waals surface area contributed by atoms with E-state index in [1.165, 1.54) is 11.3 Å². The van der Waals surface area contributed by atoms with Crippen molar-refractivity contribution in [3.63, 3.8) is 0 Å². The van der Waals surface area contributed by atoms with Gasteiger partial charge in [0.2, 0.25) is 0 Å². The second-order valence-corrected chi connectivity index (χ2v) is 9.92. The summed E-state index contributed by atoms with van der Waals surface area (Å²) in [6, 6.07) is 11.3. The van der Waals surface area contributed by atoms with Gasteiger partial charge in [0.15, 0.2) is 5.13 Å². The van der Waals surface area contributed by atoms with Gasteiger partial charge in [-0.2, -0.15) is 0 Å². The summed E-state index contributed by atoms with van der Waals surface area (Å²) in [4.78, 5) is 22.7. The highest BCUT2D eigenvalue weighted by molar-refractivity contribution is 7.22. The Morgan fingerprint density at radius 1 is 1.18 bits per heavy atom. The fourth-order valence-electron chi connectivity index (χ4n) is 3.95. The average Bonchev–Trinajstić information content (AvgIpc) is 3.30. The van der Waals surface area contributed by atoms with Crippen LogP contribution in [-0.4, -0.2) is 61.8 Å². The molecule has 4 rings (SSSR count). The molecule has 0 unspecified atom stereocenters. The monoisotopic (exact) mass is 501 g/mol. The highest BCUT2D eigenvalue weighted by Crippen LogP contribution is 2.34. The molecule has 1 aliphatic heterocycles. The quantitative estimate of drug-likeness (QED) is 0.328. The molecule has 0 atom stereocenters. The topological polar surface area (TPSA) is 54.9 Å². The van der Waals surface area contributed by atoms with Crippen LogP contribution in [0.2, 0.25) is 5.02 Å². The number of ether oxygens (including phenoxy) is 2. The van der Waals surface area contributed by atoms with E-state index in [-0.39, 0.29) is 5.91 Å². The number of unbranched alkanes of at least 4 members (excludes halogenated alkanes) is 1. The zero-order chi connectivity index (χ0) is 23.9. The summed E-state index contributed by atoms with van der Waals surface area (Å²) in [7, 11) is 0. The molecule has 2 heterocycles. The molecule has 8 heteroatoms. The van der Waals surface area contributed by atoms with E-state index in [1.54, 1.807) is 0 Å². The normalized spacial score (nSPS) is 14.4. The van der Waals surface area contributed by atoms with Crippen molar-refractivity contribution in [2.24, 2.45) is 0 Å². The number of aryl methyl sites for hydroxylation is 1. The molecule has 0 spiro atoms. The van der Waals surface area contributed by atoms with Crippen molar-refractivity contribution in [1.82, 2.24) is 9.88 Å². The van der Waals surface area contributed by atoms with Crippen LogP contribution in [0.5, 0.6) is 5.75 Å². The molecule has 34 heavy (non-hydrogen) atoms. The summed E-state index contributed by atoms with van der Waals surface area (Å²) in [6.45, 7) is 9.72. The van der Waals surface area contributed by atoms with Crippen molar-refractivity contribution in [2.45, 2.75) is 33.1 Å². The molecule has 0 aliphatic carbocycles. The highest BCUT2D eigenvalue weighted by Gasteiger charge is 2.23. The van der Waals surface area contributed by atoms with E-state index in [2.05, 4.69) is 11.8 Å². The number of morpholine rings is 1.